The molecule has 0 bridgehead atoms. The van der Waals surface area contributed by atoms with E-state index in [2.05, 4.69) is 25.7 Å². The van der Waals surface area contributed by atoms with Crippen LogP contribution in [0.1, 0.15) is 5.56 Å². The number of benzene rings is 2. The first-order valence-corrected chi connectivity index (χ1v) is 9.86. The summed E-state index contributed by atoms with van der Waals surface area (Å²) in [6.07, 6.45) is 2.49. The van der Waals surface area contributed by atoms with E-state index in [1.54, 1.807) is 6.20 Å². The van der Waals surface area contributed by atoms with Crippen LogP contribution in [0.25, 0.3) is 21.5 Å². The van der Waals surface area contributed by atoms with Crippen molar-refractivity contribution in [3.05, 3.63) is 58.2 Å². The molecule has 4 aromatic rings. The van der Waals surface area contributed by atoms with Crippen LogP contribution in [0, 0.1) is 0 Å². The second kappa shape index (κ2) is 7.82. The highest BCUT2D eigenvalue weighted by atomic mass is 35.5. The topological polar surface area (TPSA) is 92.5 Å². The summed E-state index contributed by atoms with van der Waals surface area (Å²) in [5, 5.41) is 22.4. The van der Waals surface area contributed by atoms with Gasteiger partial charge in [0, 0.05) is 28.6 Å². The molecule has 9 heteroatoms. The number of rotatable bonds is 6. The molecule has 1 atom stereocenters. The van der Waals surface area contributed by atoms with Crippen molar-refractivity contribution in [2.75, 3.05) is 11.9 Å². The van der Waals surface area contributed by atoms with Crippen LogP contribution in [0.4, 0.5) is 5.13 Å². The Kier molecular flexibility index (Phi) is 5.27. The Morgan fingerprint density at radius 3 is 2.78 bits per heavy atom. The van der Waals surface area contributed by atoms with Gasteiger partial charge in [0.25, 0.3) is 0 Å². The van der Waals surface area contributed by atoms with E-state index in [-0.39, 0.29) is 6.04 Å². The van der Waals surface area contributed by atoms with Gasteiger partial charge in [0.1, 0.15) is 5.01 Å². The van der Waals surface area contributed by atoms with Gasteiger partial charge in [-0.15, -0.1) is 10.2 Å². The van der Waals surface area contributed by atoms with Gasteiger partial charge in [0.15, 0.2) is 0 Å². The Morgan fingerprint density at radius 1 is 1.15 bits per heavy atom. The molecule has 4 rings (SSSR count). The van der Waals surface area contributed by atoms with Gasteiger partial charge >= 0.3 is 0 Å². The lowest BCUT2D eigenvalue weighted by atomic mass is 10.1. The molecule has 0 radical (unpaired) electrons. The van der Waals surface area contributed by atoms with E-state index in [1.807, 2.05) is 36.4 Å². The van der Waals surface area contributed by atoms with Crippen molar-refractivity contribution in [3.8, 4) is 10.6 Å². The SMILES string of the molecule is N[C@H](CNc1nnc(-c2cc(Cl)c3[nH]ncc3c2)s1)Cc1ccc(Cl)cc1. The molecule has 0 unspecified atom stereocenters. The molecular weight excluding hydrogens is 403 g/mol. The summed E-state index contributed by atoms with van der Waals surface area (Å²) in [4.78, 5) is 0. The van der Waals surface area contributed by atoms with Crippen molar-refractivity contribution >= 4 is 50.6 Å². The minimum Gasteiger partial charge on any atom is -0.359 e. The number of fused-ring (bicyclic) bond motifs is 1. The molecule has 0 spiro atoms. The van der Waals surface area contributed by atoms with Gasteiger partial charge in [0.2, 0.25) is 5.13 Å². The number of nitrogens with two attached hydrogens (primary N) is 1. The highest BCUT2D eigenvalue weighted by molar-refractivity contribution is 7.18. The fourth-order valence-electron chi connectivity index (χ4n) is 2.76. The van der Waals surface area contributed by atoms with E-state index < -0.39 is 0 Å². The van der Waals surface area contributed by atoms with Gasteiger partial charge in [-0.2, -0.15) is 5.10 Å². The molecule has 0 amide bonds. The maximum atomic E-state index is 6.29. The Bertz CT molecular complexity index is 1060. The van der Waals surface area contributed by atoms with E-state index in [4.69, 9.17) is 28.9 Å². The maximum absolute atomic E-state index is 6.29. The smallest absolute Gasteiger partial charge is 0.206 e. The van der Waals surface area contributed by atoms with Crippen LogP contribution in [0.3, 0.4) is 0 Å². The van der Waals surface area contributed by atoms with Crippen molar-refractivity contribution in [1.82, 2.24) is 20.4 Å². The number of hydrogen-bond acceptors (Lipinski definition) is 6. The first-order valence-electron chi connectivity index (χ1n) is 8.29. The standard InChI is InChI=1S/C18H16Cl2N6S/c19-13-3-1-10(2-4-13)5-14(21)9-22-18-26-25-17(27-18)11-6-12-8-23-24-16(12)15(20)7-11/h1-4,6-8,14H,5,9,21H2,(H,22,26)(H,23,24)/t14-/m0/s1. The molecule has 27 heavy (non-hydrogen) atoms. The molecule has 2 heterocycles. The van der Waals surface area contributed by atoms with Gasteiger partial charge in [-0.3, -0.25) is 5.10 Å². The minimum absolute atomic E-state index is 0.0461. The van der Waals surface area contributed by atoms with E-state index in [1.165, 1.54) is 11.3 Å². The zero-order chi connectivity index (χ0) is 18.8. The van der Waals surface area contributed by atoms with E-state index >= 15 is 0 Å². The molecule has 0 fully saturated rings. The summed E-state index contributed by atoms with van der Waals surface area (Å²) in [5.41, 5.74) is 9.08. The van der Waals surface area contributed by atoms with Gasteiger partial charge in [-0.05, 0) is 36.2 Å². The largest absolute Gasteiger partial charge is 0.359 e. The Morgan fingerprint density at radius 2 is 1.96 bits per heavy atom. The van der Waals surface area contributed by atoms with E-state index in [9.17, 15) is 0 Å². The summed E-state index contributed by atoms with van der Waals surface area (Å²) < 4.78 is 0. The van der Waals surface area contributed by atoms with Crippen LogP contribution < -0.4 is 11.1 Å². The molecule has 4 N–H and O–H groups in total. The van der Waals surface area contributed by atoms with Gasteiger partial charge in [-0.25, -0.2) is 0 Å². The van der Waals surface area contributed by atoms with Gasteiger partial charge in [0.05, 0.1) is 16.7 Å². The number of nitrogens with zero attached hydrogens (tertiary/aromatic N) is 3. The Labute approximate surface area is 169 Å². The summed E-state index contributed by atoms with van der Waals surface area (Å²) in [5.74, 6) is 0. The summed E-state index contributed by atoms with van der Waals surface area (Å²) in [7, 11) is 0. The van der Waals surface area contributed by atoms with Gasteiger partial charge in [-0.1, -0.05) is 46.7 Å². The van der Waals surface area contributed by atoms with Crippen LogP contribution in [-0.2, 0) is 6.42 Å². The van der Waals surface area contributed by atoms with Crippen LogP contribution in [0.15, 0.2) is 42.6 Å². The average Bonchev–Trinajstić information content (AvgIpc) is 3.31. The maximum Gasteiger partial charge on any atom is 0.206 e. The van der Waals surface area contributed by atoms with Crippen molar-refractivity contribution in [1.29, 1.82) is 0 Å². The molecule has 2 aromatic heterocycles. The molecule has 2 aromatic carbocycles. The average molecular weight is 419 g/mol. The van der Waals surface area contributed by atoms with Crippen molar-refractivity contribution < 1.29 is 0 Å². The highest BCUT2D eigenvalue weighted by Crippen LogP contribution is 2.32. The number of hydrogen-bond donors (Lipinski definition) is 3. The lowest BCUT2D eigenvalue weighted by molar-refractivity contribution is 0.698. The number of H-pyrrole nitrogens is 1. The molecule has 138 valence electrons. The molecule has 6 nitrogen and oxygen atoms in total. The Hall–Kier alpha value is -2.19. The molecule has 0 saturated carbocycles. The predicted octanol–water partition coefficient (Wildman–Crippen LogP) is 4.37. The fraction of sp³-hybridized carbons (Fsp3) is 0.167. The second-order valence-corrected chi connectivity index (χ2v) is 8.00. The minimum atomic E-state index is -0.0461. The zero-order valence-corrected chi connectivity index (χ0v) is 16.4. The lowest BCUT2D eigenvalue weighted by Gasteiger charge is -2.12. The van der Waals surface area contributed by atoms with E-state index in [0.717, 1.165) is 43.6 Å². The van der Waals surface area contributed by atoms with E-state index in [0.29, 0.717) is 11.6 Å². The zero-order valence-electron chi connectivity index (χ0n) is 14.1. The first-order chi connectivity index (χ1) is 13.1. The van der Waals surface area contributed by atoms with Crippen LogP contribution in [0.5, 0.6) is 0 Å². The fourth-order valence-corrected chi connectivity index (χ4v) is 3.90. The van der Waals surface area contributed by atoms with Crippen LogP contribution >= 0.6 is 34.5 Å². The molecular formula is C18H16Cl2N6S. The summed E-state index contributed by atoms with van der Waals surface area (Å²) >= 11 is 13.7. The second-order valence-electron chi connectivity index (χ2n) is 6.18. The third-order valence-electron chi connectivity index (χ3n) is 4.10. The third kappa shape index (κ3) is 4.22. The normalized spacial score (nSPS) is 12.4. The van der Waals surface area contributed by atoms with Crippen molar-refractivity contribution in [3.63, 3.8) is 0 Å². The quantitative estimate of drug-likeness (QED) is 0.432. The molecule has 0 saturated heterocycles. The monoisotopic (exact) mass is 418 g/mol. The highest BCUT2D eigenvalue weighted by Gasteiger charge is 2.12. The number of halogens is 2. The third-order valence-corrected chi connectivity index (χ3v) is 5.58. The summed E-state index contributed by atoms with van der Waals surface area (Å²) in [6.45, 7) is 0.596. The molecule has 0 aliphatic heterocycles. The lowest BCUT2D eigenvalue weighted by Crippen LogP contribution is -2.31. The van der Waals surface area contributed by atoms with Gasteiger partial charge < -0.3 is 11.1 Å². The van der Waals surface area contributed by atoms with Crippen molar-refractivity contribution in [2.24, 2.45) is 5.73 Å². The molecule has 0 aliphatic carbocycles. The number of aromatic nitrogens is 4. The number of aromatic amines is 1. The van der Waals surface area contributed by atoms with Crippen molar-refractivity contribution in [2.45, 2.75) is 12.5 Å². The Balaban J connectivity index is 1.40. The van der Waals surface area contributed by atoms with Crippen LogP contribution in [0.2, 0.25) is 10.0 Å². The molecule has 0 aliphatic rings. The first kappa shape index (κ1) is 18.2. The van der Waals surface area contributed by atoms with Crippen LogP contribution in [-0.4, -0.2) is 33.0 Å². The summed E-state index contributed by atoms with van der Waals surface area (Å²) in [6, 6.07) is 11.5. The predicted molar refractivity (Wildman–Crippen MR) is 112 cm³/mol. The number of nitrogens with one attached hydrogen (secondary N) is 2. The number of anilines is 1.